The largest absolute Gasteiger partial charge is 0.361 e. The van der Waals surface area contributed by atoms with Crippen molar-refractivity contribution in [1.29, 1.82) is 0 Å². The predicted octanol–water partition coefficient (Wildman–Crippen LogP) is 1.77. The minimum atomic E-state index is -3.58. The highest BCUT2D eigenvalue weighted by atomic mass is 32.2. The summed E-state index contributed by atoms with van der Waals surface area (Å²) < 4.78 is 27.4. The molecule has 1 amide bonds. The van der Waals surface area contributed by atoms with Crippen LogP contribution in [0.1, 0.15) is 9.67 Å². The third-order valence-electron chi connectivity index (χ3n) is 4.73. The minimum Gasteiger partial charge on any atom is -0.361 e. The number of sulfonamides is 1. The van der Waals surface area contributed by atoms with Gasteiger partial charge >= 0.3 is 0 Å². The third kappa shape index (κ3) is 3.90. The summed E-state index contributed by atoms with van der Waals surface area (Å²) in [7, 11) is -3.58. The molecule has 1 aromatic carbocycles. The molecule has 3 N–H and O–H groups in total. The van der Waals surface area contributed by atoms with Gasteiger partial charge in [-0.25, -0.2) is 18.9 Å². The number of benzene rings is 1. The van der Waals surface area contributed by atoms with Crippen molar-refractivity contribution < 1.29 is 18.4 Å². The van der Waals surface area contributed by atoms with Crippen LogP contribution in [0.25, 0.3) is 11.3 Å². The van der Waals surface area contributed by atoms with Gasteiger partial charge in [0.1, 0.15) is 4.88 Å². The van der Waals surface area contributed by atoms with Crippen molar-refractivity contribution in [2.75, 3.05) is 31.1 Å². The van der Waals surface area contributed by atoms with Gasteiger partial charge in [-0.1, -0.05) is 23.5 Å². The zero-order chi connectivity index (χ0) is 20.4. The summed E-state index contributed by atoms with van der Waals surface area (Å²) in [4.78, 5) is 21.2. The van der Waals surface area contributed by atoms with E-state index in [1.54, 1.807) is 29.7 Å². The highest BCUT2D eigenvalue weighted by Gasteiger charge is 2.29. The maximum absolute atomic E-state index is 13.0. The van der Waals surface area contributed by atoms with Crippen molar-refractivity contribution in [1.82, 2.24) is 19.8 Å². The van der Waals surface area contributed by atoms with E-state index in [0.29, 0.717) is 36.2 Å². The highest BCUT2D eigenvalue weighted by Crippen LogP contribution is 2.26. The summed E-state index contributed by atoms with van der Waals surface area (Å²) >= 11 is 1.15. The Bertz CT molecular complexity index is 1090. The van der Waals surface area contributed by atoms with E-state index >= 15 is 0 Å². The molecule has 11 heteroatoms. The van der Waals surface area contributed by atoms with Gasteiger partial charge in [-0.15, -0.1) is 0 Å². The molecule has 152 valence electrons. The van der Waals surface area contributed by atoms with Gasteiger partial charge in [0.25, 0.3) is 5.91 Å². The van der Waals surface area contributed by atoms with Crippen molar-refractivity contribution in [2.45, 2.75) is 4.90 Å². The van der Waals surface area contributed by atoms with Crippen LogP contribution < -0.4 is 10.4 Å². The topological polar surface area (TPSA) is 119 Å². The Balaban J connectivity index is 1.43. The first-order valence-corrected chi connectivity index (χ1v) is 11.1. The molecule has 29 heavy (non-hydrogen) atoms. The molecule has 0 spiro atoms. The maximum Gasteiger partial charge on any atom is 0.286 e. The second-order valence-corrected chi connectivity index (χ2v) is 9.39. The lowest BCUT2D eigenvalue weighted by atomic mass is 10.2. The Morgan fingerprint density at radius 3 is 2.48 bits per heavy atom. The summed E-state index contributed by atoms with van der Waals surface area (Å²) in [5, 5.41) is 9.32. The molecule has 2 aromatic heterocycles. The molecule has 1 saturated heterocycles. The Morgan fingerprint density at radius 2 is 1.86 bits per heavy atom. The van der Waals surface area contributed by atoms with Crippen LogP contribution in [0.5, 0.6) is 0 Å². The van der Waals surface area contributed by atoms with Gasteiger partial charge in [-0.3, -0.25) is 10.0 Å². The fourth-order valence-corrected chi connectivity index (χ4v) is 5.44. The van der Waals surface area contributed by atoms with Crippen LogP contribution in [0.4, 0.5) is 5.13 Å². The molecule has 1 fully saturated rings. The number of thiazole rings is 1. The monoisotopic (exact) mass is 433 g/mol. The van der Waals surface area contributed by atoms with Crippen LogP contribution in [-0.2, 0) is 10.0 Å². The summed E-state index contributed by atoms with van der Waals surface area (Å²) in [6, 6.07) is 10.6. The second kappa shape index (κ2) is 7.95. The highest BCUT2D eigenvalue weighted by molar-refractivity contribution is 7.89. The van der Waals surface area contributed by atoms with Crippen molar-refractivity contribution in [2.24, 2.45) is 0 Å². The molecule has 0 radical (unpaired) electrons. The molecule has 3 heterocycles. The fourth-order valence-electron chi connectivity index (χ4n) is 3.16. The number of piperazine rings is 1. The van der Waals surface area contributed by atoms with Crippen LogP contribution in [0.2, 0.25) is 0 Å². The number of rotatable bonds is 5. The SMILES string of the molecule is O=C(NO)c1cnc(N2CCN(S(=O)(=O)c3ccc(-c4ccc[nH]4)cc3)CC2)s1. The maximum atomic E-state index is 13.0. The van der Waals surface area contributed by atoms with Crippen molar-refractivity contribution >= 4 is 32.4 Å². The van der Waals surface area contributed by atoms with Gasteiger partial charge < -0.3 is 9.88 Å². The van der Waals surface area contributed by atoms with E-state index in [4.69, 9.17) is 5.21 Å². The number of amides is 1. The van der Waals surface area contributed by atoms with E-state index in [9.17, 15) is 13.2 Å². The molecule has 0 atom stereocenters. The lowest BCUT2D eigenvalue weighted by molar-refractivity contribution is 0.0710. The Labute approximate surface area is 171 Å². The van der Waals surface area contributed by atoms with E-state index in [2.05, 4.69) is 9.97 Å². The van der Waals surface area contributed by atoms with Crippen molar-refractivity contribution in [3.8, 4) is 11.3 Å². The van der Waals surface area contributed by atoms with Crippen LogP contribution in [0.3, 0.4) is 0 Å². The van der Waals surface area contributed by atoms with Crippen LogP contribution in [-0.4, -0.2) is 60.0 Å². The zero-order valence-electron chi connectivity index (χ0n) is 15.3. The molecule has 1 aliphatic heterocycles. The first-order chi connectivity index (χ1) is 14.0. The van der Waals surface area contributed by atoms with Gasteiger partial charge in [0.05, 0.1) is 11.1 Å². The minimum absolute atomic E-state index is 0.261. The molecular formula is C18H19N5O4S2. The molecule has 3 aromatic rings. The molecular weight excluding hydrogens is 414 g/mol. The lowest BCUT2D eigenvalue weighted by Gasteiger charge is -2.33. The third-order valence-corrected chi connectivity index (χ3v) is 7.70. The molecule has 1 aliphatic rings. The summed E-state index contributed by atoms with van der Waals surface area (Å²) in [6.07, 6.45) is 3.21. The van der Waals surface area contributed by atoms with Gasteiger partial charge in [0, 0.05) is 38.1 Å². The number of nitrogens with one attached hydrogen (secondary N) is 2. The summed E-state index contributed by atoms with van der Waals surface area (Å²) in [5.41, 5.74) is 3.43. The van der Waals surface area contributed by atoms with Gasteiger partial charge in [0.2, 0.25) is 10.0 Å². The number of hydrogen-bond acceptors (Lipinski definition) is 7. The molecule has 0 saturated carbocycles. The smallest absolute Gasteiger partial charge is 0.286 e. The molecule has 9 nitrogen and oxygen atoms in total. The molecule has 0 bridgehead atoms. The quantitative estimate of drug-likeness (QED) is 0.417. The Kier molecular flexibility index (Phi) is 5.37. The van der Waals surface area contributed by atoms with Crippen LogP contribution in [0, 0.1) is 0 Å². The van der Waals surface area contributed by atoms with Gasteiger partial charge in [-0.2, -0.15) is 4.31 Å². The predicted molar refractivity (Wildman–Crippen MR) is 109 cm³/mol. The Hall–Kier alpha value is -2.73. The summed E-state index contributed by atoms with van der Waals surface area (Å²) in [5.74, 6) is -0.613. The van der Waals surface area contributed by atoms with E-state index in [-0.39, 0.29) is 4.90 Å². The second-order valence-electron chi connectivity index (χ2n) is 6.45. The number of aromatic amines is 1. The van der Waals surface area contributed by atoms with E-state index in [0.717, 1.165) is 22.6 Å². The van der Waals surface area contributed by atoms with Crippen molar-refractivity contribution in [3.63, 3.8) is 0 Å². The molecule has 0 aliphatic carbocycles. The van der Waals surface area contributed by atoms with E-state index < -0.39 is 15.9 Å². The molecule has 4 rings (SSSR count). The average Bonchev–Trinajstić information content (AvgIpc) is 3.46. The number of anilines is 1. The average molecular weight is 434 g/mol. The van der Waals surface area contributed by atoms with E-state index in [1.807, 2.05) is 23.2 Å². The number of carbonyl (C=O) groups is 1. The fraction of sp³-hybridized carbons (Fsp3) is 0.222. The number of aromatic nitrogens is 2. The number of hydrogen-bond donors (Lipinski definition) is 3. The van der Waals surface area contributed by atoms with Gasteiger partial charge in [0.15, 0.2) is 5.13 Å². The normalized spacial score (nSPS) is 15.4. The summed E-state index contributed by atoms with van der Waals surface area (Å²) in [6.45, 7) is 1.57. The van der Waals surface area contributed by atoms with E-state index in [1.165, 1.54) is 10.5 Å². The van der Waals surface area contributed by atoms with Gasteiger partial charge in [-0.05, 0) is 29.8 Å². The first kappa shape index (κ1) is 19.6. The standard InChI is InChI=1S/C18H19N5O4S2/c24-17(21-25)16-12-20-18(28-16)22-8-10-23(11-9-22)29(26,27)14-5-3-13(4-6-14)15-2-1-7-19-15/h1-7,12,19,25H,8-11H2,(H,21,24). The number of hydroxylamine groups is 1. The zero-order valence-corrected chi connectivity index (χ0v) is 16.9. The van der Waals surface area contributed by atoms with Crippen molar-refractivity contribution in [3.05, 3.63) is 53.7 Å². The Morgan fingerprint density at radius 1 is 1.14 bits per heavy atom. The lowest BCUT2D eigenvalue weighted by Crippen LogP contribution is -2.48. The number of carbonyl (C=O) groups excluding carboxylic acids is 1. The first-order valence-electron chi connectivity index (χ1n) is 8.88. The number of nitrogens with zero attached hydrogens (tertiary/aromatic N) is 3. The van der Waals surface area contributed by atoms with Crippen LogP contribution in [0.15, 0.2) is 53.7 Å². The number of H-pyrrole nitrogens is 1. The van der Waals surface area contributed by atoms with Crippen LogP contribution >= 0.6 is 11.3 Å². The molecule has 0 unspecified atom stereocenters.